The van der Waals surface area contributed by atoms with E-state index in [0.717, 1.165) is 27.8 Å². The van der Waals surface area contributed by atoms with E-state index >= 15 is 0 Å². The predicted molar refractivity (Wildman–Crippen MR) is 182 cm³/mol. The van der Waals surface area contributed by atoms with Gasteiger partial charge in [-0.3, -0.25) is 9.13 Å². The Hall–Kier alpha value is -5.02. The van der Waals surface area contributed by atoms with Gasteiger partial charge < -0.3 is 19.3 Å². The molecule has 0 fully saturated rings. The Morgan fingerprint density at radius 2 is 0.891 bits per heavy atom. The normalized spacial score (nSPS) is 19.0. The molecule has 226 valence electrons. The van der Waals surface area contributed by atoms with Crippen LogP contribution in [0.15, 0.2) is 133 Å². The minimum Gasteiger partial charge on any atom is -0.508 e. The van der Waals surface area contributed by atoms with Crippen molar-refractivity contribution in [1.29, 1.82) is 0 Å². The molecule has 2 atom stereocenters. The number of phenolic OH excluding ortho intramolecular Hbond substituents is 2. The fourth-order valence-corrected chi connectivity index (χ4v) is 11.2. The lowest BCUT2D eigenvalue weighted by Gasteiger charge is -2.30. The Kier molecular flexibility index (Phi) is 6.68. The van der Waals surface area contributed by atoms with E-state index in [4.69, 9.17) is 9.05 Å². The summed E-state index contributed by atoms with van der Waals surface area (Å²) in [7, 11) is -7.16. The number of rotatable bonds is 5. The van der Waals surface area contributed by atoms with Crippen LogP contribution in [0, 0.1) is 0 Å². The molecule has 46 heavy (non-hydrogen) atoms. The zero-order valence-corrected chi connectivity index (χ0v) is 26.3. The van der Waals surface area contributed by atoms with Gasteiger partial charge in [0.05, 0.1) is 22.9 Å². The summed E-state index contributed by atoms with van der Waals surface area (Å²) in [5.74, 6) is 1.06. The lowest BCUT2D eigenvalue weighted by molar-refractivity contribution is 0.457. The summed E-state index contributed by atoms with van der Waals surface area (Å²) < 4.78 is 42.3. The third-order valence-electron chi connectivity index (χ3n) is 8.61. The number of hydrogen-bond donors (Lipinski definition) is 2. The van der Waals surface area contributed by atoms with Crippen molar-refractivity contribution in [1.82, 2.24) is 0 Å². The number of fused-ring (bicyclic) bond motifs is 6. The summed E-state index contributed by atoms with van der Waals surface area (Å²) in [4.78, 5) is 0. The number of benzene rings is 6. The molecule has 0 spiro atoms. The van der Waals surface area contributed by atoms with Gasteiger partial charge in [0.25, 0.3) is 14.7 Å². The van der Waals surface area contributed by atoms with Crippen LogP contribution in [0.3, 0.4) is 0 Å². The van der Waals surface area contributed by atoms with E-state index in [1.807, 2.05) is 84.9 Å². The van der Waals surface area contributed by atoms with Gasteiger partial charge in [0.15, 0.2) is 0 Å². The van der Waals surface area contributed by atoms with Crippen molar-refractivity contribution in [3.8, 4) is 56.4 Å². The Labute approximate surface area is 266 Å². The number of para-hydroxylation sites is 2. The molecule has 6 aromatic rings. The molecule has 0 radical (unpaired) electrons. The lowest BCUT2D eigenvalue weighted by Crippen LogP contribution is -2.20. The monoisotopic (exact) mass is 642 g/mol. The van der Waals surface area contributed by atoms with Gasteiger partial charge in [-0.05, 0) is 70.8 Å². The van der Waals surface area contributed by atoms with Crippen LogP contribution in [0.4, 0.5) is 0 Å². The van der Waals surface area contributed by atoms with Gasteiger partial charge in [-0.2, -0.15) is 0 Å². The Bertz CT molecular complexity index is 2130. The lowest BCUT2D eigenvalue weighted by atomic mass is 9.99. The maximum Gasteiger partial charge on any atom is 0.282 e. The van der Waals surface area contributed by atoms with Gasteiger partial charge in [-0.15, -0.1) is 0 Å². The van der Waals surface area contributed by atoms with Crippen molar-refractivity contribution in [3.05, 3.63) is 145 Å². The van der Waals surface area contributed by atoms with Gasteiger partial charge in [-0.1, -0.05) is 84.9 Å². The Morgan fingerprint density at radius 1 is 0.478 bits per heavy atom. The molecule has 2 aliphatic heterocycles. The number of phenols is 2. The first kappa shape index (κ1) is 28.5. The number of hydrogen-bond acceptors (Lipinski definition) is 6. The van der Waals surface area contributed by atoms with Crippen molar-refractivity contribution in [3.63, 3.8) is 0 Å². The third kappa shape index (κ3) is 4.73. The summed E-state index contributed by atoms with van der Waals surface area (Å²) >= 11 is 0. The van der Waals surface area contributed by atoms with Gasteiger partial charge >= 0.3 is 0 Å². The van der Waals surface area contributed by atoms with Gasteiger partial charge in [0.2, 0.25) is 0 Å². The Balaban J connectivity index is 1.27. The third-order valence-corrected chi connectivity index (χ3v) is 13.4. The van der Waals surface area contributed by atoms with Crippen LogP contribution in [0.1, 0.15) is 11.1 Å². The van der Waals surface area contributed by atoms with Crippen LogP contribution >= 0.6 is 14.7 Å². The molecule has 2 unspecified atom stereocenters. The summed E-state index contributed by atoms with van der Waals surface area (Å²) in [5.41, 5.74) is 5.65. The fourth-order valence-electron chi connectivity index (χ4n) is 6.46. The van der Waals surface area contributed by atoms with E-state index in [1.54, 1.807) is 48.5 Å². The highest BCUT2D eigenvalue weighted by Crippen LogP contribution is 2.60. The van der Waals surface area contributed by atoms with E-state index in [0.29, 0.717) is 38.8 Å². The molecule has 0 amide bonds. The van der Waals surface area contributed by atoms with E-state index in [-0.39, 0.29) is 23.8 Å². The minimum absolute atomic E-state index is 0.0896. The molecule has 0 bridgehead atoms. The summed E-state index contributed by atoms with van der Waals surface area (Å²) in [6.07, 6.45) is -0.179. The molecular formula is C38H28O6P2. The fraction of sp³-hybridized carbons (Fsp3) is 0.0526. The van der Waals surface area contributed by atoms with Crippen LogP contribution in [0.5, 0.6) is 23.0 Å². The highest BCUT2D eigenvalue weighted by atomic mass is 31.2. The molecule has 6 nitrogen and oxygen atoms in total. The van der Waals surface area contributed by atoms with E-state index in [1.165, 1.54) is 0 Å². The largest absolute Gasteiger partial charge is 0.508 e. The van der Waals surface area contributed by atoms with E-state index < -0.39 is 14.7 Å². The van der Waals surface area contributed by atoms with Crippen LogP contribution in [0.25, 0.3) is 33.4 Å². The number of aromatic hydroxyl groups is 2. The SMILES string of the molecule is O=P1(Cc2cc(-c3ccc(O)cc3)cc(CP3(=O)Oc4ccccc4-c4ccccc43)c2O)Oc2ccccc2-c2ccccc21. The first-order valence-electron chi connectivity index (χ1n) is 14.9. The molecule has 0 saturated heterocycles. The molecule has 2 heterocycles. The van der Waals surface area contributed by atoms with Crippen molar-refractivity contribution >= 4 is 25.3 Å². The van der Waals surface area contributed by atoms with Crippen molar-refractivity contribution in [2.24, 2.45) is 0 Å². The smallest absolute Gasteiger partial charge is 0.282 e. The first-order valence-corrected chi connectivity index (χ1v) is 18.5. The molecule has 8 rings (SSSR count). The van der Waals surface area contributed by atoms with Crippen LogP contribution in [0.2, 0.25) is 0 Å². The van der Waals surface area contributed by atoms with Crippen LogP contribution in [-0.2, 0) is 21.5 Å². The van der Waals surface area contributed by atoms with Crippen molar-refractivity contribution in [2.45, 2.75) is 12.3 Å². The second-order valence-corrected chi connectivity index (χ2v) is 16.2. The molecular weight excluding hydrogens is 614 g/mol. The molecule has 0 saturated carbocycles. The molecule has 0 aliphatic carbocycles. The summed E-state index contributed by atoms with van der Waals surface area (Å²) in [5, 5.41) is 23.0. The topological polar surface area (TPSA) is 93.1 Å². The first-order chi connectivity index (χ1) is 22.3. The minimum atomic E-state index is -3.58. The van der Waals surface area contributed by atoms with Crippen molar-refractivity contribution in [2.75, 3.05) is 0 Å². The molecule has 2 aliphatic rings. The standard InChI is InChI=1S/C38H28O6P2/c39-29-19-17-25(18-20-29)26-21-27(23-45(41)36-15-7-3-11-32(36)30-9-1-5-13-34(30)43-45)38(40)28(22-26)24-46(42)37-16-8-4-12-33(37)31-10-2-6-14-35(31)44-46/h1-22,39-40H,23-24H2. The van der Waals surface area contributed by atoms with Gasteiger partial charge in [0, 0.05) is 22.3 Å². The maximum absolute atomic E-state index is 14.9. The average molecular weight is 643 g/mol. The summed E-state index contributed by atoms with van der Waals surface area (Å²) in [6, 6.07) is 40.3. The molecule has 6 aromatic carbocycles. The van der Waals surface area contributed by atoms with Crippen molar-refractivity contribution < 1.29 is 28.4 Å². The highest BCUT2D eigenvalue weighted by Gasteiger charge is 2.39. The predicted octanol–water partition coefficient (Wildman–Crippen LogP) is 9.09. The van der Waals surface area contributed by atoms with E-state index in [9.17, 15) is 19.3 Å². The maximum atomic E-state index is 14.9. The van der Waals surface area contributed by atoms with E-state index in [2.05, 4.69) is 0 Å². The van der Waals surface area contributed by atoms with Gasteiger partial charge in [0.1, 0.15) is 23.0 Å². The highest BCUT2D eigenvalue weighted by molar-refractivity contribution is 7.67. The average Bonchev–Trinajstić information content (AvgIpc) is 3.07. The molecule has 2 N–H and O–H groups in total. The zero-order valence-electron chi connectivity index (χ0n) is 24.5. The molecule has 0 aromatic heterocycles. The zero-order chi connectivity index (χ0) is 31.5. The van der Waals surface area contributed by atoms with Crippen LogP contribution < -0.4 is 19.7 Å². The second-order valence-electron chi connectivity index (χ2n) is 11.6. The second kappa shape index (κ2) is 10.8. The van der Waals surface area contributed by atoms with Gasteiger partial charge in [-0.25, -0.2) is 0 Å². The molecule has 8 heteroatoms. The summed E-state index contributed by atoms with van der Waals surface area (Å²) in [6.45, 7) is 0. The Morgan fingerprint density at radius 3 is 1.37 bits per heavy atom. The quantitative estimate of drug-likeness (QED) is 0.182. The van der Waals surface area contributed by atoms with Crippen LogP contribution in [-0.4, -0.2) is 10.2 Å².